The van der Waals surface area contributed by atoms with Gasteiger partial charge < -0.3 is 0 Å². The summed E-state index contributed by atoms with van der Waals surface area (Å²) in [7, 11) is 0. The minimum atomic E-state index is -0.499. The summed E-state index contributed by atoms with van der Waals surface area (Å²) < 4.78 is 13.0. The van der Waals surface area contributed by atoms with E-state index in [1.54, 1.807) is 0 Å². The summed E-state index contributed by atoms with van der Waals surface area (Å²) in [6.45, 7) is 3.78. The molecule has 0 bridgehead atoms. The lowest BCUT2D eigenvalue weighted by Crippen LogP contribution is -2.05. The van der Waals surface area contributed by atoms with Crippen LogP contribution in [0.3, 0.4) is 0 Å². The molecule has 0 saturated heterocycles. The van der Waals surface area contributed by atoms with Gasteiger partial charge in [0.15, 0.2) is 5.78 Å². The predicted molar refractivity (Wildman–Crippen MR) is 63.5 cm³/mol. The first kappa shape index (κ1) is 11.5. The van der Waals surface area contributed by atoms with E-state index >= 15 is 0 Å². The van der Waals surface area contributed by atoms with Crippen molar-refractivity contribution in [3.05, 3.63) is 64.7 Å². The normalized spacial score (nSPS) is 10.3. The average Bonchev–Trinajstić information content (AvgIpc) is 2.31. The van der Waals surface area contributed by atoms with E-state index in [0.717, 1.165) is 17.3 Å². The van der Waals surface area contributed by atoms with Crippen LogP contribution < -0.4 is 0 Å². The molecule has 0 unspecified atom stereocenters. The average molecular weight is 229 g/mol. The van der Waals surface area contributed by atoms with Gasteiger partial charge in [0.25, 0.3) is 0 Å². The maximum absolute atomic E-state index is 13.0. The van der Waals surface area contributed by atoms with Crippen molar-refractivity contribution in [2.75, 3.05) is 0 Å². The van der Waals surface area contributed by atoms with Gasteiger partial charge in [0.05, 0.1) is 6.20 Å². The highest BCUT2D eigenvalue weighted by molar-refractivity contribution is 6.09. The minimum absolute atomic E-state index is 0.196. The first-order chi connectivity index (χ1) is 8.08. The smallest absolute Gasteiger partial charge is 0.194 e. The van der Waals surface area contributed by atoms with E-state index in [0.29, 0.717) is 5.56 Å². The Labute approximate surface area is 99.1 Å². The molecular weight excluding hydrogens is 217 g/mol. The molecule has 0 fully saturated rings. The van der Waals surface area contributed by atoms with E-state index in [1.165, 1.54) is 12.3 Å². The highest BCUT2D eigenvalue weighted by Crippen LogP contribution is 2.15. The lowest BCUT2D eigenvalue weighted by atomic mass is 9.98. The van der Waals surface area contributed by atoms with Crippen LogP contribution in [0.1, 0.15) is 27.0 Å². The van der Waals surface area contributed by atoms with Crippen molar-refractivity contribution in [2.24, 2.45) is 0 Å². The van der Waals surface area contributed by atoms with Crippen LogP contribution in [0.15, 0.2) is 36.7 Å². The Hall–Kier alpha value is -2.03. The zero-order valence-electron chi connectivity index (χ0n) is 9.70. The van der Waals surface area contributed by atoms with Crippen molar-refractivity contribution in [1.29, 1.82) is 0 Å². The number of ketones is 1. The van der Waals surface area contributed by atoms with Gasteiger partial charge in [0.1, 0.15) is 5.82 Å². The van der Waals surface area contributed by atoms with Gasteiger partial charge in [-0.05, 0) is 31.5 Å². The first-order valence-electron chi connectivity index (χ1n) is 5.30. The van der Waals surface area contributed by atoms with Gasteiger partial charge in [0, 0.05) is 17.3 Å². The van der Waals surface area contributed by atoms with Crippen LogP contribution in [0, 0.1) is 19.7 Å². The predicted octanol–water partition coefficient (Wildman–Crippen LogP) is 3.07. The standard InChI is InChI=1S/C14H12FNO/c1-9-3-4-10(2)13(5-9)14(17)11-6-12(15)8-16-7-11/h3-8H,1-2H3. The number of pyridine rings is 1. The summed E-state index contributed by atoms with van der Waals surface area (Å²) in [6, 6.07) is 6.84. The van der Waals surface area contributed by atoms with E-state index in [4.69, 9.17) is 0 Å². The zero-order chi connectivity index (χ0) is 12.4. The Morgan fingerprint density at radius 2 is 1.94 bits per heavy atom. The second-order valence-corrected chi connectivity index (χ2v) is 4.04. The number of halogens is 1. The fraction of sp³-hybridized carbons (Fsp3) is 0.143. The lowest BCUT2D eigenvalue weighted by Gasteiger charge is -2.06. The van der Waals surface area contributed by atoms with Crippen LogP contribution in [0.5, 0.6) is 0 Å². The van der Waals surface area contributed by atoms with Gasteiger partial charge in [-0.2, -0.15) is 0 Å². The Balaban J connectivity index is 2.47. The van der Waals surface area contributed by atoms with Crippen molar-refractivity contribution in [1.82, 2.24) is 4.98 Å². The van der Waals surface area contributed by atoms with E-state index in [2.05, 4.69) is 4.98 Å². The van der Waals surface area contributed by atoms with Gasteiger partial charge in [-0.25, -0.2) is 4.39 Å². The molecule has 0 aliphatic heterocycles. The molecular formula is C14H12FNO. The van der Waals surface area contributed by atoms with E-state index < -0.39 is 5.82 Å². The highest BCUT2D eigenvalue weighted by atomic mass is 19.1. The molecule has 3 heteroatoms. The summed E-state index contributed by atoms with van der Waals surface area (Å²) in [5.74, 6) is -0.695. The molecule has 17 heavy (non-hydrogen) atoms. The molecule has 2 nitrogen and oxygen atoms in total. The maximum Gasteiger partial charge on any atom is 0.194 e. The molecule has 0 saturated carbocycles. The summed E-state index contributed by atoms with van der Waals surface area (Å²) in [4.78, 5) is 15.9. The second-order valence-electron chi connectivity index (χ2n) is 4.04. The number of carbonyl (C=O) groups is 1. The molecule has 0 aliphatic carbocycles. The monoisotopic (exact) mass is 229 g/mol. The number of hydrogen-bond acceptors (Lipinski definition) is 2. The summed E-state index contributed by atoms with van der Waals surface area (Å²) >= 11 is 0. The minimum Gasteiger partial charge on any atom is -0.289 e. The number of nitrogens with zero attached hydrogens (tertiary/aromatic N) is 1. The highest BCUT2D eigenvalue weighted by Gasteiger charge is 2.12. The third-order valence-electron chi connectivity index (χ3n) is 2.60. The summed E-state index contributed by atoms with van der Waals surface area (Å²) in [5.41, 5.74) is 2.75. The molecule has 0 atom stereocenters. The summed E-state index contributed by atoms with van der Waals surface area (Å²) in [5, 5.41) is 0. The van der Waals surface area contributed by atoms with Crippen LogP contribution in [0.2, 0.25) is 0 Å². The van der Waals surface area contributed by atoms with Crippen molar-refractivity contribution in [3.63, 3.8) is 0 Å². The van der Waals surface area contributed by atoms with Crippen LogP contribution >= 0.6 is 0 Å². The van der Waals surface area contributed by atoms with E-state index in [9.17, 15) is 9.18 Å². The van der Waals surface area contributed by atoms with E-state index in [-0.39, 0.29) is 11.3 Å². The second kappa shape index (κ2) is 4.45. The van der Waals surface area contributed by atoms with E-state index in [1.807, 2.05) is 32.0 Å². The van der Waals surface area contributed by atoms with Crippen molar-refractivity contribution >= 4 is 5.78 Å². The van der Waals surface area contributed by atoms with Crippen molar-refractivity contribution in [3.8, 4) is 0 Å². The molecule has 0 amide bonds. The number of aryl methyl sites for hydroxylation is 2. The number of hydrogen-bond donors (Lipinski definition) is 0. The lowest BCUT2D eigenvalue weighted by molar-refractivity contribution is 0.103. The molecule has 1 aromatic carbocycles. The molecule has 2 rings (SSSR count). The van der Waals surface area contributed by atoms with Crippen molar-refractivity contribution < 1.29 is 9.18 Å². The largest absolute Gasteiger partial charge is 0.289 e. The molecule has 0 spiro atoms. The maximum atomic E-state index is 13.0. The molecule has 86 valence electrons. The molecule has 0 radical (unpaired) electrons. The number of rotatable bonds is 2. The van der Waals surface area contributed by atoms with Gasteiger partial charge >= 0.3 is 0 Å². The summed E-state index contributed by atoms with van der Waals surface area (Å²) in [6.07, 6.45) is 2.47. The molecule has 0 aliphatic rings. The topological polar surface area (TPSA) is 30.0 Å². The fourth-order valence-electron chi connectivity index (χ4n) is 1.67. The number of benzene rings is 1. The Morgan fingerprint density at radius 1 is 1.18 bits per heavy atom. The van der Waals surface area contributed by atoms with Gasteiger partial charge in [-0.1, -0.05) is 17.7 Å². The quantitative estimate of drug-likeness (QED) is 0.741. The Morgan fingerprint density at radius 3 is 2.65 bits per heavy atom. The van der Waals surface area contributed by atoms with Crippen LogP contribution in [-0.2, 0) is 0 Å². The Kier molecular flexibility index (Phi) is 3.00. The molecule has 0 N–H and O–H groups in total. The van der Waals surface area contributed by atoms with Crippen LogP contribution in [-0.4, -0.2) is 10.8 Å². The number of carbonyl (C=O) groups excluding carboxylic acids is 1. The van der Waals surface area contributed by atoms with Crippen molar-refractivity contribution in [2.45, 2.75) is 13.8 Å². The first-order valence-corrected chi connectivity index (χ1v) is 5.30. The third-order valence-corrected chi connectivity index (χ3v) is 2.60. The van der Waals surface area contributed by atoms with Gasteiger partial charge in [-0.3, -0.25) is 9.78 Å². The molecule has 1 heterocycles. The molecule has 2 aromatic rings. The van der Waals surface area contributed by atoms with Crippen LogP contribution in [0.4, 0.5) is 4.39 Å². The fourth-order valence-corrected chi connectivity index (χ4v) is 1.67. The van der Waals surface area contributed by atoms with Crippen LogP contribution in [0.25, 0.3) is 0 Å². The SMILES string of the molecule is Cc1ccc(C)c(C(=O)c2cncc(F)c2)c1. The number of aromatic nitrogens is 1. The Bertz CT molecular complexity index is 578. The molecule has 1 aromatic heterocycles. The van der Waals surface area contributed by atoms with Gasteiger partial charge in [0.2, 0.25) is 0 Å². The zero-order valence-corrected chi connectivity index (χ0v) is 9.70. The third kappa shape index (κ3) is 2.38. The van der Waals surface area contributed by atoms with Gasteiger partial charge in [-0.15, -0.1) is 0 Å².